The van der Waals surface area contributed by atoms with Crippen LogP contribution in [0.2, 0.25) is 5.02 Å². The lowest BCUT2D eigenvalue weighted by molar-refractivity contribution is 0.133. The van der Waals surface area contributed by atoms with Gasteiger partial charge in [-0.3, -0.25) is 0 Å². The van der Waals surface area contributed by atoms with Crippen LogP contribution in [0.1, 0.15) is 18.1 Å². The fourth-order valence-electron chi connectivity index (χ4n) is 1.46. The zero-order chi connectivity index (χ0) is 11.3. The molecule has 3 heteroatoms. The Hall–Kier alpha value is -0.570. The van der Waals surface area contributed by atoms with Gasteiger partial charge >= 0.3 is 0 Å². The van der Waals surface area contributed by atoms with E-state index in [9.17, 15) is 0 Å². The fraction of sp³-hybridized carbons (Fsp3) is 0.500. The Morgan fingerprint density at radius 2 is 2.20 bits per heavy atom. The minimum absolute atomic E-state index is 0.0607. The average molecular weight is 228 g/mol. The molecule has 84 valence electrons. The molecule has 15 heavy (non-hydrogen) atoms. The van der Waals surface area contributed by atoms with Crippen molar-refractivity contribution in [2.75, 3.05) is 13.2 Å². The summed E-state index contributed by atoms with van der Waals surface area (Å²) in [5.74, 6) is 0. The van der Waals surface area contributed by atoms with Gasteiger partial charge in [0.15, 0.2) is 0 Å². The molecular weight excluding hydrogens is 210 g/mol. The maximum atomic E-state index is 5.94. The molecule has 0 saturated carbocycles. The van der Waals surface area contributed by atoms with Crippen molar-refractivity contribution in [2.45, 2.75) is 26.3 Å². The molecule has 0 aliphatic carbocycles. The summed E-state index contributed by atoms with van der Waals surface area (Å²) in [6, 6.07) is 6.07. The van der Waals surface area contributed by atoms with Gasteiger partial charge in [0.05, 0.1) is 6.61 Å². The summed E-state index contributed by atoms with van der Waals surface area (Å²) in [7, 11) is 0. The van der Waals surface area contributed by atoms with E-state index in [0.29, 0.717) is 13.2 Å². The van der Waals surface area contributed by atoms with Crippen LogP contribution < -0.4 is 5.73 Å². The molecule has 0 amide bonds. The molecule has 2 nitrogen and oxygen atoms in total. The van der Waals surface area contributed by atoms with E-state index < -0.39 is 0 Å². The van der Waals surface area contributed by atoms with Crippen LogP contribution in [0, 0.1) is 6.92 Å². The molecule has 0 fully saturated rings. The highest BCUT2D eigenvalue weighted by Crippen LogP contribution is 2.16. The van der Waals surface area contributed by atoms with E-state index in [1.165, 1.54) is 5.56 Å². The second-order valence-electron chi connectivity index (χ2n) is 3.71. The highest BCUT2D eigenvalue weighted by Gasteiger charge is 2.05. The van der Waals surface area contributed by atoms with Gasteiger partial charge in [0, 0.05) is 17.7 Å². The van der Waals surface area contributed by atoms with Crippen molar-refractivity contribution in [3.8, 4) is 0 Å². The van der Waals surface area contributed by atoms with Crippen LogP contribution in [-0.2, 0) is 11.2 Å². The zero-order valence-corrected chi connectivity index (χ0v) is 10.1. The first-order chi connectivity index (χ1) is 7.13. The molecule has 0 aliphatic rings. The predicted octanol–water partition coefficient (Wildman–Crippen LogP) is 2.55. The molecule has 1 aromatic carbocycles. The summed E-state index contributed by atoms with van der Waals surface area (Å²) < 4.78 is 5.27. The summed E-state index contributed by atoms with van der Waals surface area (Å²) >= 11 is 5.94. The monoisotopic (exact) mass is 227 g/mol. The number of rotatable bonds is 5. The topological polar surface area (TPSA) is 35.2 Å². The second kappa shape index (κ2) is 6.11. The third-order valence-electron chi connectivity index (χ3n) is 2.26. The van der Waals surface area contributed by atoms with Crippen molar-refractivity contribution in [2.24, 2.45) is 5.73 Å². The molecule has 0 saturated heterocycles. The average Bonchev–Trinajstić information content (AvgIpc) is 2.20. The van der Waals surface area contributed by atoms with Gasteiger partial charge in [-0.2, -0.15) is 0 Å². The Bertz CT molecular complexity index is 314. The van der Waals surface area contributed by atoms with Crippen LogP contribution >= 0.6 is 11.6 Å². The van der Waals surface area contributed by atoms with E-state index in [1.54, 1.807) is 0 Å². The van der Waals surface area contributed by atoms with Crippen LogP contribution in [-0.4, -0.2) is 19.3 Å². The van der Waals surface area contributed by atoms with E-state index in [-0.39, 0.29) is 6.04 Å². The second-order valence-corrected chi connectivity index (χ2v) is 4.11. The summed E-state index contributed by atoms with van der Waals surface area (Å²) in [5.41, 5.74) is 8.23. The van der Waals surface area contributed by atoms with Crippen molar-refractivity contribution in [3.63, 3.8) is 0 Å². The highest BCUT2D eigenvalue weighted by atomic mass is 35.5. The molecule has 0 spiro atoms. The molecular formula is C12H18ClNO. The molecule has 0 radical (unpaired) electrons. The Labute approximate surface area is 96.4 Å². The quantitative estimate of drug-likeness (QED) is 0.839. The summed E-state index contributed by atoms with van der Waals surface area (Å²) in [6.07, 6.45) is 0.831. The molecule has 1 rings (SSSR count). The number of ether oxygens (including phenoxy) is 1. The van der Waals surface area contributed by atoms with Crippen molar-refractivity contribution in [1.29, 1.82) is 0 Å². The van der Waals surface area contributed by atoms with E-state index >= 15 is 0 Å². The van der Waals surface area contributed by atoms with Crippen LogP contribution in [0.25, 0.3) is 0 Å². The lowest BCUT2D eigenvalue weighted by atomic mass is 10.0. The van der Waals surface area contributed by atoms with Gasteiger partial charge in [0.1, 0.15) is 0 Å². The number of hydrogen-bond acceptors (Lipinski definition) is 2. The minimum Gasteiger partial charge on any atom is -0.380 e. The smallest absolute Gasteiger partial charge is 0.0620 e. The van der Waals surface area contributed by atoms with Gasteiger partial charge in [0.2, 0.25) is 0 Å². The summed E-state index contributed by atoms with van der Waals surface area (Å²) in [5, 5.41) is 0.803. The number of benzene rings is 1. The van der Waals surface area contributed by atoms with Crippen molar-refractivity contribution in [3.05, 3.63) is 34.3 Å². The SMILES string of the molecule is CCOCC(N)Cc1ccc(Cl)c(C)c1. The molecule has 0 bridgehead atoms. The van der Waals surface area contributed by atoms with Gasteiger partial charge in [-0.05, 0) is 37.5 Å². The Balaban J connectivity index is 2.53. The molecule has 0 heterocycles. The molecule has 1 atom stereocenters. The first kappa shape index (κ1) is 12.5. The van der Waals surface area contributed by atoms with Gasteiger partial charge in [-0.1, -0.05) is 23.7 Å². The Morgan fingerprint density at radius 3 is 2.80 bits per heavy atom. The third-order valence-corrected chi connectivity index (χ3v) is 2.68. The lowest BCUT2D eigenvalue weighted by Gasteiger charge is -2.12. The first-order valence-electron chi connectivity index (χ1n) is 5.21. The summed E-state index contributed by atoms with van der Waals surface area (Å²) in [6.45, 7) is 5.30. The van der Waals surface area contributed by atoms with Crippen LogP contribution in [0.4, 0.5) is 0 Å². The minimum atomic E-state index is 0.0607. The normalized spacial score (nSPS) is 12.8. The molecule has 1 unspecified atom stereocenters. The highest BCUT2D eigenvalue weighted by molar-refractivity contribution is 6.31. The third kappa shape index (κ3) is 4.20. The van der Waals surface area contributed by atoms with Crippen molar-refractivity contribution < 1.29 is 4.74 Å². The van der Waals surface area contributed by atoms with E-state index in [4.69, 9.17) is 22.1 Å². The standard InChI is InChI=1S/C12H18ClNO/c1-3-15-8-11(14)7-10-4-5-12(13)9(2)6-10/h4-6,11H,3,7-8,14H2,1-2H3. The summed E-state index contributed by atoms with van der Waals surface area (Å²) in [4.78, 5) is 0. The van der Waals surface area contributed by atoms with E-state index in [0.717, 1.165) is 17.0 Å². The maximum absolute atomic E-state index is 5.94. The molecule has 2 N–H and O–H groups in total. The number of hydrogen-bond donors (Lipinski definition) is 1. The Kier molecular flexibility index (Phi) is 5.09. The van der Waals surface area contributed by atoms with E-state index in [2.05, 4.69) is 6.07 Å². The van der Waals surface area contributed by atoms with Crippen LogP contribution in [0.5, 0.6) is 0 Å². The van der Waals surface area contributed by atoms with Gasteiger partial charge in [-0.15, -0.1) is 0 Å². The van der Waals surface area contributed by atoms with Crippen molar-refractivity contribution >= 4 is 11.6 Å². The molecule has 1 aromatic rings. The van der Waals surface area contributed by atoms with Gasteiger partial charge in [-0.25, -0.2) is 0 Å². The van der Waals surface area contributed by atoms with Crippen molar-refractivity contribution in [1.82, 2.24) is 0 Å². The zero-order valence-electron chi connectivity index (χ0n) is 9.29. The molecule has 0 aromatic heterocycles. The van der Waals surface area contributed by atoms with Crippen LogP contribution in [0.3, 0.4) is 0 Å². The maximum Gasteiger partial charge on any atom is 0.0620 e. The van der Waals surface area contributed by atoms with Gasteiger partial charge in [0.25, 0.3) is 0 Å². The predicted molar refractivity (Wildman–Crippen MR) is 64.4 cm³/mol. The lowest BCUT2D eigenvalue weighted by Crippen LogP contribution is -2.28. The number of aryl methyl sites for hydroxylation is 1. The van der Waals surface area contributed by atoms with Crippen LogP contribution in [0.15, 0.2) is 18.2 Å². The largest absolute Gasteiger partial charge is 0.380 e. The number of halogens is 1. The van der Waals surface area contributed by atoms with E-state index in [1.807, 2.05) is 26.0 Å². The fourth-order valence-corrected chi connectivity index (χ4v) is 1.58. The first-order valence-corrected chi connectivity index (χ1v) is 5.59. The Morgan fingerprint density at radius 1 is 1.47 bits per heavy atom. The van der Waals surface area contributed by atoms with Gasteiger partial charge < -0.3 is 10.5 Å². The molecule has 0 aliphatic heterocycles. The number of nitrogens with two attached hydrogens (primary N) is 1.